The summed E-state index contributed by atoms with van der Waals surface area (Å²) in [7, 11) is -3.40. The second-order valence-electron chi connectivity index (χ2n) is 6.50. The van der Waals surface area contributed by atoms with Gasteiger partial charge >= 0.3 is 0 Å². The Morgan fingerprint density at radius 1 is 1.36 bits per heavy atom. The molecule has 142 valence electrons. The van der Waals surface area contributed by atoms with E-state index >= 15 is 0 Å². The molecular formula is C17H28ClN3O3S. The summed E-state index contributed by atoms with van der Waals surface area (Å²) in [5.41, 5.74) is 6.44. The van der Waals surface area contributed by atoms with Gasteiger partial charge in [0.15, 0.2) is 0 Å². The molecule has 1 aromatic carbocycles. The molecule has 1 amide bonds. The Bertz CT molecular complexity index is 638. The van der Waals surface area contributed by atoms with E-state index in [-0.39, 0.29) is 42.6 Å². The fourth-order valence-electron chi connectivity index (χ4n) is 2.85. The third-order valence-electron chi connectivity index (χ3n) is 4.24. The van der Waals surface area contributed by atoms with Gasteiger partial charge in [0, 0.05) is 25.7 Å². The van der Waals surface area contributed by atoms with Gasteiger partial charge < -0.3 is 11.1 Å². The highest BCUT2D eigenvalue weighted by Crippen LogP contribution is 2.21. The summed E-state index contributed by atoms with van der Waals surface area (Å²) in [5, 5.41) is 2.86. The Morgan fingerprint density at radius 3 is 2.68 bits per heavy atom. The number of nitrogens with zero attached hydrogens (tertiary/aromatic N) is 1. The Kier molecular flexibility index (Phi) is 8.85. The first-order valence-electron chi connectivity index (χ1n) is 8.43. The molecule has 2 rings (SSSR count). The molecule has 0 bridgehead atoms. The number of hydrogen-bond donors (Lipinski definition) is 2. The minimum Gasteiger partial charge on any atom is -0.356 e. The lowest BCUT2D eigenvalue weighted by atomic mass is 9.99. The zero-order valence-corrected chi connectivity index (χ0v) is 16.2. The van der Waals surface area contributed by atoms with Gasteiger partial charge in [0.1, 0.15) is 0 Å². The molecule has 1 saturated heterocycles. The Hall–Kier alpha value is -1.15. The van der Waals surface area contributed by atoms with Crippen molar-refractivity contribution in [3.05, 3.63) is 35.9 Å². The third-order valence-corrected chi connectivity index (χ3v) is 6.06. The summed E-state index contributed by atoms with van der Waals surface area (Å²) in [6.07, 6.45) is 2.15. The van der Waals surface area contributed by atoms with Gasteiger partial charge in [0.2, 0.25) is 15.9 Å². The highest BCUT2D eigenvalue weighted by molar-refractivity contribution is 7.88. The van der Waals surface area contributed by atoms with Crippen LogP contribution in [0.4, 0.5) is 0 Å². The first kappa shape index (κ1) is 21.9. The lowest BCUT2D eigenvalue weighted by Crippen LogP contribution is -2.46. The average molecular weight is 390 g/mol. The third kappa shape index (κ3) is 6.93. The van der Waals surface area contributed by atoms with Gasteiger partial charge in [0.05, 0.1) is 11.7 Å². The molecule has 25 heavy (non-hydrogen) atoms. The molecule has 6 nitrogen and oxygen atoms in total. The minimum absolute atomic E-state index is 0. The fourth-order valence-corrected chi connectivity index (χ4v) is 4.46. The molecule has 1 aliphatic rings. The number of nitrogens with two attached hydrogens (primary N) is 1. The van der Waals surface area contributed by atoms with Crippen LogP contribution in [0.25, 0.3) is 0 Å². The number of sulfonamides is 1. The van der Waals surface area contributed by atoms with Gasteiger partial charge in [-0.1, -0.05) is 30.3 Å². The Labute approximate surface area is 156 Å². The number of halogens is 1. The smallest absolute Gasteiger partial charge is 0.224 e. The molecular weight excluding hydrogens is 362 g/mol. The predicted octanol–water partition coefficient (Wildman–Crippen LogP) is 1.50. The minimum atomic E-state index is -3.40. The number of hydrogen-bond acceptors (Lipinski definition) is 4. The van der Waals surface area contributed by atoms with Gasteiger partial charge in [-0.2, -0.15) is 0 Å². The van der Waals surface area contributed by atoms with Crippen molar-refractivity contribution >= 4 is 28.3 Å². The number of carbonyl (C=O) groups is 1. The second-order valence-corrected chi connectivity index (χ2v) is 8.46. The number of benzene rings is 1. The molecule has 0 spiro atoms. The summed E-state index contributed by atoms with van der Waals surface area (Å²) in [4.78, 5) is 12.2. The maximum absolute atomic E-state index is 12.6. The van der Waals surface area contributed by atoms with E-state index in [2.05, 4.69) is 5.32 Å². The predicted molar refractivity (Wildman–Crippen MR) is 102 cm³/mol. The van der Waals surface area contributed by atoms with Crippen LogP contribution >= 0.6 is 12.4 Å². The average Bonchev–Trinajstić information content (AvgIpc) is 2.55. The van der Waals surface area contributed by atoms with Crippen LogP contribution in [0.5, 0.6) is 0 Å². The molecule has 3 N–H and O–H groups in total. The van der Waals surface area contributed by atoms with E-state index in [0.29, 0.717) is 25.9 Å². The number of rotatable bonds is 7. The normalized spacial score (nSPS) is 19.7. The zero-order valence-electron chi connectivity index (χ0n) is 14.6. The summed E-state index contributed by atoms with van der Waals surface area (Å²) in [6, 6.07) is 9.17. The number of carbonyl (C=O) groups excluding carboxylic acids is 1. The van der Waals surface area contributed by atoms with Gasteiger partial charge in [-0.05, 0) is 31.7 Å². The van der Waals surface area contributed by atoms with Crippen LogP contribution in [-0.4, -0.2) is 44.3 Å². The van der Waals surface area contributed by atoms with Gasteiger partial charge in [-0.3, -0.25) is 4.79 Å². The van der Waals surface area contributed by atoms with Crippen molar-refractivity contribution in [3.8, 4) is 0 Å². The van der Waals surface area contributed by atoms with Gasteiger partial charge in [-0.25, -0.2) is 12.7 Å². The van der Waals surface area contributed by atoms with Crippen LogP contribution in [0.15, 0.2) is 30.3 Å². The van der Waals surface area contributed by atoms with E-state index in [9.17, 15) is 13.2 Å². The van der Waals surface area contributed by atoms with Gasteiger partial charge in [0.25, 0.3) is 0 Å². The SMILES string of the molecule is CC(N)CCNC(=O)C1CCCN(S(=O)(=O)Cc2ccccc2)C1.Cl. The lowest BCUT2D eigenvalue weighted by molar-refractivity contribution is -0.126. The highest BCUT2D eigenvalue weighted by atomic mass is 35.5. The van der Waals surface area contributed by atoms with Crippen LogP contribution in [0.3, 0.4) is 0 Å². The van der Waals surface area contributed by atoms with E-state index in [1.807, 2.05) is 25.1 Å². The maximum atomic E-state index is 12.6. The zero-order chi connectivity index (χ0) is 17.6. The first-order valence-corrected chi connectivity index (χ1v) is 10.0. The van der Waals surface area contributed by atoms with E-state index in [0.717, 1.165) is 12.0 Å². The molecule has 0 aromatic heterocycles. The largest absolute Gasteiger partial charge is 0.356 e. The molecule has 0 saturated carbocycles. The summed E-state index contributed by atoms with van der Waals surface area (Å²) in [5.74, 6) is -0.375. The van der Waals surface area contributed by atoms with E-state index < -0.39 is 10.0 Å². The monoisotopic (exact) mass is 389 g/mol. The Morgan fingerprint density at radius 2 is 2.04 bits per heavy atom. The second kappa shape index (κ2) is 10.1. The highest BCUT2D eigenvalue weighted by Gasteiger charge is 2.32. The first-order chi connectivity index (χ1) is 11.4. The molecule has 2 atom stereocenters. The maximum Gasteiger partial charge on any atom is 0.224 e. The Balaban J connectivity index is 0.00000312. The number of amides is 1. The molecule has 1 heterocycles. The summed E-state index contributed by atoms with van der Waals surface area (Å²) in [6.45, 7) is 3.17. The summed E-state index contributed by atoms with van der Waals surface area (Å²) < 4.78 is 26.7. The number of piperidine rings is 1. The molecule has 1 aliphatic heterocycles. The van der Waals surface area contributed by atoms with Gasteiger partial charge in [-0.15, -0.1) is 12.4 Å². The van der Waals surface area contributed by atoms with Crippen molar-refractivity contribution in [1.29, 1.82) is 0 Å². The van der Waals surface area contributed by atoms with Crippen molar-refractivity contribution in [2.24, 2.45) is 11.7 Å². The molecule has 2 unspecified atom stereocenters. The lowest BCUT2D eigenvalue weighted by Gasteiger charge is -2.31. The molecule has 8 heteroatoms. The standard InChI is InChI=1S/C17H27N3O3S.ClH/c1-14(18)9-10-19-17(21)16-8-5-11-20(12-16)24(22,23)13-15-6-3-2-4-7-15;/h2-4,6-7,14,16H,5,8-13,18H2,1H3,(H,19,21);1H. The molecule has 1 fully saturated rings. The van der Waals surface area contributed by atoms with E-state index in [4.69, 9.17) is 5.73 Å². The van der Waals surface area contributed by atoms with E-state index in [1.165, 1.54) is 4.31 Å². The summed E-state index contributed by atoms with van der Waals surface area (Å²) >= 11 is 0. The van der Waals surface area contributed by atoms with Crippen LogP contribution in [0, 0.1) is 5.92 Å². The van der Waals surface area contributed by atoms with Crippen molar-refractivity contribution in [3.63, 3.8) is 0 Å². The quantitative estimate of drug-likeness (QED) is 0.739. The fraction of sp³-hybridized carbons (Fsp3) is 0.588. The van der Waals surface area contributed by atoms with Crippen LogP contribution in [0.1, 0.15) is 31.7 Å². The topological polar surface area (TPSA) is 92.5 Å². The van der Waals surface area contributed by atoms with Crippen molar-refractivity contribution < 1.29 is 13.2 Å². The molecule has 0 radical (unpaired) electrons. The van der Waals surface area contributed by atoms with Crippen molar-refractivity contribution in [2.75, 3.05) is 19.6 Å². The van der Waals surface area contributed by atoms with Crippen molar-refractivity contribution in [2.45, 2.75) is 38.0 Å². The molecule has 1 aromatic rings. The van der Waals surface area contributed by atoms with Crippen LogP contribution < -0.4 is 11.1 Å². The van der Waals surface area contributed by atoms with Crippen LogP contribution in [-0.2, 0) is 20.6 Å². The number of nitrogens with one attached hydrogen (secondary N) is 1. The molecule has 0 aliphatic carbocycles. The van der Waals surface area contributed by atoms with E-state index in [1.54, 1.807) is 12.1 Å². The van der Waals surface area contributed by atoms with Crippen LogP contribution in [0.2, 0.25) is 0 Å². The van der Waals surface area contributed by atoms with Crippen molar-refractivity contribution in [1.82, 2.24) is 9.62 Å².